The van der Waals surface area contributed by atoms with Gasteiger partial charge in [0, 0.05) is 12.0 Å². The fourth-order valence-corrected chi connectivity index (χ4v) is 5.42. The van der Waals surface area contributed by atoms with Gasteiger partial charge in [-0.1, -0.05) is 6.92 Å². The summed E-state index contributed by atoms with van der Waals surface area (Å²) in [6, 6.07) is -0.516. The quantitative estimate of drug-likeness (QED) is 0.681. The van der Waals surface area contributed by atoms with Gasteiger partial charge in [-0.15, -0.1) is 0 Å². The summed E-state index contributed by atoms with van der Waals surface area (Å²) >= 11 is 1.92. The number of nitrogens with zero attached hydrogens (tertiary/aromatic N) is 1. The minimum Gasteiger partial charge on any atom is -0.491 e. The van der Waals surface area contributed by atoms with E-state index in [1.807, 2.05) is 34.1 Å². The number of carbonyl (C=O) groups excluding carboxylic acids is 1. The number of sulfonamides is 1. The second-order valence-electron chi connectivity index (χ2n) is 6.32. The maximum Gasteiger partial charge on any atom is 0.237 e. The van der Waals surface area contributed by atoms with E-state index in [9.17, 15) is 18.0 Å². The molecule has 7 nitrogen and oxygen atoms in total. The number of nitrogens with one attached hydrogen (secondary N) is 1. The number of rotatable bonds is 4. The molecule has 3 atom stereocenters. The number of carbonyl (C=O) groups is 1. The molecule has 0 fully saturated rings. The summed E-state index contributed by atoms with van der Waals surface area (Å²) in [4.78, 5) is 25.5. The Hall–Kier alpha value is -0.940. The van der Waals surface area contributed by atoms with E-state index < -0.39 is 16.1 Å². The lowest BCUT2D eigenvalue weighted by molar-refractivity contribution is 0.0849. The molecular weight excluding hydrogens is 447 g/mol. The normalized spacial score (nSPS) is 25.7. The van der Waals surface area contributed by atoms with Crippen LogP contribution in [0.15, 0.2) is 4.79 Å². The Morgan fingerprint density at radius 1 is 1.33 bits per heavy atom. The first-order valence-electron chi connectivity index (χ1n) is 7.73. The Kier molecular flexibility index (Phi) is 4.54. The third kappa shape index (κ3) is 2.70. The number of hydrogen-bond donors (Lipinski definition) is 1. The van der Waals surface area contributed by atoms with E-state index in [0.717, 1.165) is 6.26 Å². The monoisotopic (exact) mass is 466 g/mol. The number of aromatic nitrogens is 1. The number of methoxy groups -OCH3 is 1. The number of halogens is 1. The Morgan fingerprint density at radius 3 is 2.54 bits per heavy atom. The van der Waals surface area contributed by atoms with Crippen molar-refractivity contribution in [1.29, 1.82) is 0 Å². The van der Waals surface area contributed by atoms with E-state index in [1.165, 1.54) is 7.11 Å². The molecule has 3 rings (SSSR count). The van der Waals surface area contributed by atoms with Crippen molar-refractivity contribution in [1.82, 2.24) is 9.29 Å². The maximum absolute atomic E-state index is 12.8. The van der Waals surface area contributed by atoms with Crippen LogP contribution in [0.1, 0.15) is 54.5 Å². The summed E-state index contributed by atoms with van der Waals surface area (Å²) in [5, 5.41) is 0. The maximum atomic E-state index is 12.8. The van der Waals surface area contributed by atoms with Crippen molar-refractivity contribution in [3.05, 3.63) is 25.2 Å². The second kappa shape index (κ2) is 6.10. The second-order valence-corrected chi connectivity index (χ2v) is 9.18. The van der Waals surface area contributed by atoms with E-state index in [2.05, 4.69) is 4.72 Å². The molecule has 0 saturated carbocycles. The molecule has 0 bridgehead atoms. The van der Waals surface area contributed by atoms with Gasteiger partial charge in [-0.2, -0.15) is 0 Å². The van der Waals surface area contributed by atoms with Crippen LogP contribution in [-0.2, 0) is 10.0 Å². The molecule has 1 aromatic heterocycles. The summed E-state index contributed by atoms with van der Waals surface area (Å²) in [5.74, 6) is -0.204. The van der Waals surface area contributed by atoms with E-state index in [1.54, 1.807) is 0 Å². The van der Waals surface area contributed by atoms with Crippen LogP contribution in [0.5, 0.6) is 5.75 Å². The van der Waals surface area contributed by atoms with E-state index in [-0.39, 0.29) is 28.9 Å². The summed E-state index contributed by atoms with van der Waals surface area (Å²) < 4.78 is 33.5. The van der Waals surface area contributed by atoms with Crippen LogP contribution in [0, 0.1) is 9.49 Å². The van der Waals surface area contributed by atoms with Gasteiger partial charge in [0.15, 0.2) is 11.5 Å². The van der Waals surface area contributed by atoms with Crippen LogP contribution < -0.4 is 14.9 Å². The minimum atomic E-state index is -3.44. The molecular formula is C15H19IN2O5S. The van der Waals surface area contributed by atoms with Crippen molar-refractivity contribution < 1.29 is 17.9 Å². The van der Waals surface area contributed by atoms with Gasteiger partial charge in [-0.05, 0) is 41.9 Å². The van der Waals surface area contributed by atoms with Crippen molar-refractivity contribution in [3.8, 4) is 5.75 Å². The molecule has 3 heterocycles. The minimum absolute atomic E-state index is 0.0140. The first-order valence-corrected chi connectivity index (χ1v) is 10.7. The fourth-order valence-electron chi connectivity index (χ4n) is 3.81. The lowest BCUT2D eigenvalue weighted by Crippen LogP contribution is -2.34. The molecule has 1 aromatic rings. The third-order valence-corrected chi connectivity index (χ3v) is 6.52. The summed E-state index contributed by atoms with van der Waals surface area (Å²) in [6.45, 7) is 1.94. The number of hydrogen-bond acceptors (Lipinski definition) is 5. The molecule has 132 valence electrons. The average molecular weight is 466 g/mol. The first-order chi connectivity index (χ1) is 11.2. The first kappa shape index (κ1) is 17.9. The smallest absolute Gasteiger partial charge is 0.237 e. The van der Waals surface area contributed by atoms with Crippen molar-refractivity contribution in [2.24, 2.45) is 5.92 Å². The van der Waals surface area contributed by atoms with Crippen molar-refractivity contribution in [3.63, 3.8) is 0 Å². The lowest BCUT2D eigenvalue weighted by atomic mass is 9.86. The van der Waals surface area contributed by atoms with Gasteiger partial charge in [0.1, 0.15) is 5.69 Å². The van der Waals surface area contributed by atoms with Crippen LogP contribution in [0.3, 0.4) is 0 Å². The van der Waals surface area contributed by atoms with Gasteiger partial charge in [-0.25, -0.2) is 13.1 Å². The Morgan fingerprint density at radius 2 is 2.00 bits per heavy atom. The van der Waals surface area contributed by atoms with Crippen LogP contribution in [0.2, 0.25) is 0 Å². The van der Waals surface area contributed by atoms with E-state index in [0.29, 0.717) is 34.2 Å². The van der Waals surface area contributed by atoms with Crippen molar-refractivity contribution >= 4 is 38.4 Å². The molecule has 0 aromatic carbocycles. The Balaban J connectivity index is 2.29. The van der Waals surface area contributed by atoms with Crippen LogP contribution in [0.4, 0.5) is 0 Å². The van der Waals surface area contributed by atoms with Crippen LogP contribution in [0.25, 0.3) is 0 Å². The number of Topliss-reactive ketones (excluding diaryl/α,β-unsaturated/α-hetero) is 1. The highest BCUT2D eigenvalue weighted by molar-refractivity contribution is 14.1. The SMILES string of the molecule is CCC1C[C@@H]2C[C@@H](NS(C)(=O)=O)c3c(I)c(=O)c(OC)c(n32)C1=O. The number of ketones is 1. The molecule has 0 spiro atoms. The number of ether oxygens (including phenoxy) is 1. The van der Waals surface area contributed by atoms with Crippen molar-refractivity contribution in [2.75, 3.05) is 13.4 Å². The van der Waals surface area contributed by atoms with Gasteiger partial charge in [0.2, 0.25) is 15.5 Å². The highest BCUT2D eigenvalue weighted by atomic mass is 127. The lowest BCUT2D eigenvalue weighted by Gasteiger charge is -2.30. The zero-order chi connectivity index (χ0) is 17.8. The molecule has 1 unspecified atom stereocenters. The highest BCUT2D eigenvalue weighted by Gasteiger charge is 2.44. The van der Waals surface area contributed by atoms with Gasteiger partial charge < -0.3 is 9.30 Å². The molecule has 0 radical (unpaired) electrons. The van der Waals surface area contributed by atoms with Crippen molar-refractivity contribution in [2.45, 2.75) is 38.3 Å². The molecule has 24 heavy (non-hydrogen) atoms. The van der Waals surface area contributed by atoms with Crippen LogP contribution in [-0.4, -0.2) is 32.1 Å². The molecule has 2 aliphatic heterocycles. The molecule has 0 saturated heterocycles. The fraction of sp³-hybridized carbons (Fsp3) is 0.600. The highest BCUT2D eigenvalue weighted by Crippen LogP contribution is 2.46. The third-order valence-electron chi connectivity index (χ3n) is 4.76. The van der Waals surface area contributed by atoms with E-state index in [4.69, 9.17) is 4.74 Å². The average Bonchev–Trinajstić information content (AvgIpc) is 2.83. The van der Waals surface area contributed by atoms with Gasteiger partial charge >= 0.3 is 0 Å². The van der Waals surface area contributed by atoms with Gasteiger partial charge in [0.05, 0.1) is 28.7 Å². The van der Waals surface area contributed by atoms with Crippen LogP contribution >= 0.6 is 22.6 Å². The standard InChI is InChI=1S/C15H19IN2O5S/c1-4-7-5-8-6-9(17-24(3,21)22)11-10(16)14(20)15(23-2)12(13(7)19)18(8)11/h7-9,17H,4-6H2,1-3H3/t7?,8-,9-/m1/s1. The summed E-state index contributed by atoms with van der Waals surface area (Å²) in [7, 11) is -2.05. The van der Waals surface area contributed by atoms with Gasteiger partial charge in [0.25, 0.3) is 0 Å². The summed E-state index contributed by atoms with van der Waals surface area (Å²) in [6.07, 6.45) is 2.96. The molecule has 2 aliphatic rings. The Bertz CT molecular complexity index is 877. The molecule has 0 aliphatic carbocycles. The van der Waals surface area contributed by atoms with Gasteiger partial charge in [-0.3, -0.25) is 9.59 Å². The van der Waals surface area contributed by atoms with E-state index >= 15 is 0 Å². The Labute approximate surface area is 154 Å². The molecule has 9 heteroatoms. The zero-order valence-electron chi connectivity index (χ0n) is 13.6. The predicted octanol–water partition coefficient (Wildman–Crippen LogP) is 1.61. The number of pyridine rings is 1. The molecule has 1 N–H and O–H groups in total. The largest absolute Gasteiger partial charge is 0.491 e. The summed E-state index contributed by atoms with van der Waals surface area (Å²) in [5.41, 5.74) is 0.513. The molecule has 0 amide bonds. The zero-order valence-corrected chi connectivity index (χ0v) is 16.6. The predicted molar refractivity (Wildman–Crippen MR) is 97.1 cm³/mol. The topological polar surface area (TPSA) is 94.5 Å².